The quantitative estimate of drug-likeness (QED) is 0.424. The number of carbonyl (C=O) groups excluding carboxylic acids is 1. The number of nitrogens with one attached hydrogen (secondary N) is 1. The predicted molar refractivity (Wildman–Crippen MR) is 67.7 cm³/mol. The first kappa shape index (κ1) is 11.4. The van der Waals surface area contributed by atoms with E-state index in [1.165, 1.54) is 25.8 Å². The van der Waals surface area contributed by atoms with E-state index in [1.54, 1.807) is 0 Å². The Bertz CT molecular complexity index is 320. The van der Waals surface area contributed by atoms with E-state index in [0.717, 1.165) is 13.0 Å². The largest absolute Gasteiger partial charge is 0.307 e. The summed E-state index contributed by atoms with van der Waals surface area (Å²) in [6.07, 6.45) is 8.09. The Hall–Kier alpha value is -0.670. The molecule has 17 heavy (non-hydrogen) atoms. The summed E-state index contributed by atoms with van der Waals surface area (Å²) < 4.78 is 0. The van der Waals surface area contributed by atoms with Gasteiger partial charge in [0.2, 0.25) is 0 Å². The molecule has 3 aliphatic rings. The van der Waals surface area contributed by atoms with Crippen molar-refractivity contribution >= 4 is 6.29 Å². The fourth-order valence-corrected chi connectivity index (χ4v) is 3.04. The molecule has 3 fully saturated rings. The third-order valence-corrected chi connectivity index (χ3v) is 4.57. The van der Waals surface area contributed by atoms with E-state index >= 15 is 0 Å². The maximum absolute atomic E-state index is 11.0. The number of rotatable bonds is 6. The van der Waals surface area contributed by atoms with Crippen LogP contribution in [0.1, 0.15) is 19.8 Å². The summed E-state index contributed by atoms with van der Waals surface area (Å²) in [4.78, 5) is 13.5. The van der Waals surface area contributed by atoms with E-state index in [4.69, 9.17) is 0 Å². The van der Waals surface area contributed by atoms with Gasteiger partial charge in [-0.15, -0.1) is 0 Å². The van der Waals surface area contributed by atoms with Crippen LogP contribution in [0.25, 0.3) is 0 Å². The monoisotopic (exact) mass is 234 g/mol. The van der Waals surface area contributed by atoms with Gasteiger partial charge in [0.05, 0.1) is 0 Å². The van der Waals surface area contributed by atoms with E-state index in [2.05, 4.69) is 29.3 Å². The van der Waals surface area contributed by atoms with Gasteiger partial charge in [-0.05, 0) is 31.6 Å². The van der Waals surface area contributed by atoms with Gasteiger partial charge in [0.1, 0.15) is 6.29 Å². The summed E-state index contributed by atoms with van der Waals surface area (Å²) in [5.41, 5.74) is 0. The maximum Gasteiger partial charge on any atom is 0.123 e. The molecular weight excluding hydrogens is 212 g/mol. The van der Waals surface area contributed by atoms with Gasteiger partial charge in [-0.1, -0.05) is 12.2 Å². The molecule has 0 aromatic rings. The molecule has 2 heterocycles. The number of nitrogens with zero attached hydrogens (tertiary/aromatic N) is 1. The third-order valence-electron chi connectivity index (χ3n) is 4.57. The molecule has 94 valence electrons. The highest BCUT2D eigenvalue weighted by molar-refractivity contribution is 5.56. The van der Waals surface area contributed by atoms with E-state index in [0.29, 0.717) is 29.8 Å². The second-order valence-electron chi connectivity index (χ2n) is 5.88. The highest BCUT2D eigenvalue weighted by Gasteiger charge is 2.41. The molecule has 1 N–H and O–H groups in total. The molecule has 2 saturated heterocycles. The van der Waals surface area contributed by atoms with Crippen LogP contribution in [0.3, 0.4) is 0 Å². The number of hydrogen-bond donors (Lipinski definition) is 1. The van der Waals surface area contributed by atoms with Crippen LogP contribution in [0.15, 0.2) is 12.2 Å². The Morgan fingerprint density at radius 1 is 1.35 bits per heavy atom. The Kier molecular flexibility index (Phi) is 3.05. The van der Waals surface area contributed by atoms with Gasteiger partial charge in [0.15, 0.2) is 0 Å². The van der Waals surface area contributed by atoms with E-state index in [-0.39, 0.29) is 0 Å². The Balaban J connectivity index is 1.54. The van der Waals surface area contributed by atoms with Crippen molar-refractivity contribution in [2.75, 3.05) is 19.6 Å². The van der Waals surface area contributed by atoms with Crippen molar-refractivity contribution in [2.24, 2.45) is 17.8 Å². The molecule has 0 bridgehead atoms. The molecule has 0 spiro atoms. The van der Waals surface area contributed by atoms with Crippen LogP contribution in [0.5, 0.6) is 0 Å². The van der Waals surface area contributed by atoms with Crippen molar-refractivity contribution in [1.29, 1.82) is 0 Å². The number of hydrogen-bond acceptors (Lipinski definition) is 3. The van der Waals surface area contributed by atoms with E-state index in [1.807, 2.05) is 0 Å². The van der Waals surface area contributed by atoms with Crippen LogP contribution in [-0.2, 0) is 4.79 Å². The van der Waals surface area contributed by atoms with Crippen molar-refractivity contribution in [1.82, 2.24) is 10.2 Å². The number of carbonyl (C=O) groups is 1. The zero-order valence-electron chi connectivity index (χ0n) is 10.5. The summed E-state index contributed by atoms with van der Waals surface area (Å²) in [5, 5.41) is 3.28. The first-order valence-corrected chi connectivity index (χ1v) is 6.89. The normalized spacial score (nSPS) is 42.2. The van der Waals surface area contributed by atoms with Crippen LogP contribution in [0.4, 0.5) is 0 Å². The molecule has 1 saturated carbocycles. The lowest BCUT2D eigenvalue weighted by Gasteiger charge is -2.42. The predicted octanol–water partition coefficient (Wildman–Crippen LogP) is 1.06. The van der Waals surface area contributed by atoms with Crippen molar-refractivity contribution in [3.8, 4) is 0 Å². The van der Waals surface area contributed by atoms with Crippen LogP contribution >= 0.6 is 0 Å². The molecule has 0 aromatic heterocycles. The van der Waals surface area contributed by atoms with Crippen LogP contribution in [0, 0.1) is 17.8 Å². The van der Waals surface area contributed by atoms with Crippen LogP contribution < -0.4 is 5.32 Å². The average molecular weight is 234 g/mol. The second-order valence-corrected chi connectivity index (χ2v) is 5.88. The van der Waals surface area contributed by atoms with Gasteiger partial charge < -0.3 is 10.1 Å². The van der Waals surface area contributed by atoms with Gasteiger partial charge in [0, 0.05) is 37.6 Å². The molecule has 2 aliphatic heterocycles. The highest BCUT2D eigenvalue weighted by atomic mass is 16.1. The number of aldehydes is 1. The molecule has 0 radical (unpaired) electrons. The first-order valence-electron chi connectivity index (χ1n) is 6.89. The number of allylic oxidation sites excluding steroid dienone is 1. The minimum Gasteiger partial charge on any atom is -0.307 e. The summed E-state index contributed by atoms with van der Waals surface area (Å²) in [6.45, 7) is 5.95. The summed E-state index contributed by atoms with van der Waals surface area (Å²) in [6, 6.07) is 1.29. The average Bonchev–Trinajstić information content (AvgIpc) is 3.16. The lowest BCUT2D eigenvalue weighted by Crippen LogP contribution is -2.39. The zero-order valence-corrected chi connectivity index (χ0v) is 10.5. The fourth-order valence-electron chi connectivity index (χ4n) is 3.04. The van der Waals surface area contributed by atoms with Gasteiger partial charge in [-0.2, -0.15) is 0 Å². The lowest BCUT2D eigenvalue weighted by molar-refractivity contribution is -0.117. The van der Waals surface area contributed by atoms with Crippen LogP contribution in [-0.4, -0.2) is 42.9 Å². The summed E-state index contributed by atoms with van der Waals surface area (Å²) in [5.74, 6) is 1.56. The lowest BCUT2D eigenvalue weighted by atomic mass is 9.63. The molecule has 0 aromatic carbocycles. The molecule has 3 nitrogen and oxygen atoms in total. The highest BCUT2D eigenvalue weighted by Crippen LogP contribution is 2.44. The maximum atomic E-state index is 11.0. The van der Waals surface area contributed by atoms with Gasteiger partial charge >= 0.3 is 0 Å². The summed E-state index contributed by atoms with van der Waals surface area (Å²) >= 11 is 0. The Morgan fingerprint density at radius 3 is 2.71 bits per heavy atom. The molecule has 3 rings (SSSR count). The molecule has 5 atom stereocenters. The SMILES string of the molecule is C[C@@H](CC1C(C=O)CC1/C=C/C1CN1)N1CC1. The van der Waals surface area contributed by atoms with Crippen LogP contribution in [0.2, 0.25) is 0 Å². The van der Waals surface area contributed by atoms with E-state index < -0.39 is 0 Å². The standard InChI is InChI=1S/C14H22N2O/c1-10(16-4-5-16)6-14-11(7-12(14)9-17)2-3-13-8-15-13/h2-3,9-15H,4-8H2,1H3/b3-2+/t10-,11?,12?,13?,14?/m0/s1. The topological polar surface area (TPSA) is 42.0 Å². The Morgan fingerprint density at radius 2 is 2.12 bits per heavy atom. The molecular formula is C14H22N2O. The minimum atomic E-state index is 0.319. The van der Waals surface area contributed by atoms with Crippen molar-refractivity contribution in [3.63, 3.8) is 0 Å². The van der Waals surface area contributed by atoms with Crippen molar-refractivity contribution < 1.29 is 4.79 Å². The van der Waals surface area contributed by atoms with Crippen molar-refractivity contribution in [2.45, 2.75) is 31.8 Å². The van der Waals surface area contributed by atoms with Gasteiger partial charge in [0.25, 0.3) is 0 Å². The van der Waals surface area contributed by atoms with Gasteiger partial charge in [-0.3, -0.25) is 4.90 Å². The van der Waals surface area contributed by atoms with E-state index in [9.17, 15) is 4.79 Å². The molecule has 4 unspecified atom stereocenters. The second kappa shape index (κ2) is 4.54. The summed E-state index contributed by atoms with van der Waals surface area (Å²) in [7, 11) is 0. The molecule has 0 amide bonds. The molecule has 1 aliphatic carbocycles. The third kappa shape index (κ3) is 2.61. The Labute approximate surface area is 103 Å². The van der Waals surface area contributed by atoms with Crippen molar-refractivity contribution in [3.05, 3.63) is 12.2 Å². The first-order chi connectivity index (χ1) is 8.28. The smallest absolute Gasteiger partial charge is 0.123 e. The fraction of sp³-hybridized carbons (Fsp3) is 0.786. The van der Waals surface area contributed by atoms with Gasteiger partial charge in [-0.25, -0.2) is 0 Å². The zero-order chi connectivity index (χ0) is 11.8. The minimum absolute atomic E-state index is 0.319. The molecule has 3 heteroatoms.